The summed E-state index contributed by atoms with van der Waals surface area (Å²) < 4.78 is 18.0. The van der Waals surface area contributed by atoms with Gasteiger partial charge in [-0.25, -0.2) is 9.18 Å². The van der Waals surface area contributed by atoms with Gasteiger partial charge in [0.15, 0.2) is 0 Å². The highest BCUT2D eigenvalue weighted by atomic mass is 35.5. The Bertz CT molecular complexity index is 567. The van der Waals surface area contributed by atoms with Crippen molar-refractivity contribution in [3.8, 4) is 0 Å². The van der Waals surface area contributed by atoms with E-state index in [2.05, 4.69) is 5.32 Å². The molecule has 20 heavy (non-hydrogen) atoms. The molecule has 5 nitrogen and oxygen atoms in total. The topological polar surface area (TPSA) is 58.6 Å². The maximum Gasteiger partial charge on any atom is 0.325 e. The highest BCUT2D eigenvalue weighted by Crippen LogP contribution is 2.33. The van der Waals surface area contributed by atoms with Crippen LogP contribution in [0.4, 0.5) is 9.18 Å². The Morgan fingerprint density at radius 1 is 1.45 bits per heavy atom. The van der Waals surface area contributed by atoms with Gasteiger partial charge >= 0.3 is 6.03 Å². The normalized spacial score (nSPS) is 22.3. The monoisotopic (exact) mass is 300 g/mol. The molecule has 1 atom stereocenters. The van der Waals surface area contributed by atoms with Crippen LogP contribution >= 0.6 is 11.6 Å². The van der Waals surface area contributed by atoms with Gasteiger partial charge in [0.2, 0.25) is 0 Å². The molecule has 1 aliphatic heterocycles. The van der Waals surface area contributed by atoms with E-state index in [1.54, 1.807) is 6.92 Å². The molecule has 0 spiro atoms. The molecule has 7 heteroatoms. The third-order valence-corrected chi connectivity index (χ3v) is 3.58. The first-order valence-electron chi connectivity index (χ1n) is 5.98. The Morgan fingerprint density at radius 2 is 2.15 bits per heavy atom. The van der Waals surface area contributed by atoms with Gasteiger partial charge in [-0.2, -0.15) is 0 Å². The number of amides is 3. The molecule has 1 aliphatic rings. The number of nitrogens with zero attached hydrogens (tertiary/aromatic N) is 1. The Labute approximate surface area is 120 Å². The molecule has 0 bridgehead atoms. The van der Waals surface area contributed by atoms with E-state index in [1.165, 1.54) is 19.2 Å². The number of hydrogen-bond donors (Lipinski definition) is 1. The molecule has 0 radical (unpaired) electrons. The zero-order chi connectivity index (χ0) is 14.9. The van der Waals surface area contributed by atoms with Crippen molar-refractivity contribution in [2.24, 2.45) is 0 Å². The largest absolute Gasteiger partial charge is 0.383 e. The van der Waals surface area contributed by atoms with E-state index in [-0.39, 0.29) is 18.2 Å². The average molecular weight is 301 g/mol. The number of nitrogens with one attached hydrogen (secondary N) is 1. The van der Waals surface area contributed by atoms with Crippen molar-refractivity contribution in [1.82, 2.24) is 10.2 Å². The van der Waals surface area contributed by atoms with E-state index < -0.39 is 23.3 Å². The minimum atomic E-state index is -1.30. The summed E-state index contributed by atoms with van der Waals surface area (Å²) in [6.07, 6.45) is 0. The van der Waals surface area contributed by atoms with Crippen LogP contribution in [0, 0.1) is 5.82 Å². The van der Waals surface area contributed by atoms with Crippen molar-refractivity contribution in [3.05, 3.63) is 34.6 Å². The average Bonchev–Trinajstić information content (AvgIpc) is 2.59. The standard InChI is InChI=1S/C13H14ClFN2O3/c1-13(9-4-3-8(15)7-10(9)14)11(18)17(5-6-20-2)12(19)16-13/h3-4,7H,5-6H2,1-2H3,(H,16,19)/t13-/m0/s1. The molecule has 0 saturated carbocycles. The van der Waals surface area contributed by atoms with E-state index in [0.29, 0.717) is 5.56 Å². The van der Waals surface area contributed by atoms with Crippen LogP contribution in [0.1, 0.15) is 12.5 Å². The van der Waals surface area contributed by atoms with Crippen molar-refractivity contribution in [3.63, 3.8) is 0 Å². The first-order chi connectivity index (χ1) is 9.40. The predicted octanol–water partition coefficient (Wildman–Crippen LogP) is 1.89. The third kappa shape index (κ3) is 2.36. The highest BCUT2D eigenvalue weighted by Gasteiger charge is 2.49. The number of ether oxygens (including phenoxy) is 1. The summed E-state index contributed by atoms with van der Waals surface area (Å²) in [4.78, 5) is 25.4. The minimum absolute atomic E-state index is 0.0924. The number of methoxy groups -OCH3 is 1. The van der Waals surface area contributed by atoms with E-state index in [0.717, 1.165) is 11.0 Å². The number of carbonyl (C=O) groups excluding carboxylic acids is 2. The lowest BCUT2D eigenvalue weighted by atomic mass is 9.92. The predicted molar refractivity (Wildman–Crippen MR) is 70.9 cm³/mol. The van der Waals surface area contributed by atoms with E-state index in [1.807, 2.05) is 0 Å². The number of imide groups is 1. The van der Waals surface area contributed by atoms with Crippen LogP contribution in [0.3, 0.4) is 0 Å². The van der Waals surface area contributed by atoms with Gasteiger partial charge in [-0.05, 0) is 19.1 Å². The van der Waals surface area contributed by atoms with E-state index in [9.17, 15) is 14.0 Å². The second kappa shape index (κ2) is 5.38. The van der Waals surface area contributed by atoms with Crippen LogP contribution in [0.15, 0.2) is 18.2 Å². The molecule has 0 unspecified atom stereocenters. The molecule has 1 fully saturated rings. The SMILES string of the molecule is COCCN1C(=O)N[C@@](C)(c2ccc(F)cc2Cl)C1=O. The number of carbonyl (C=O) groups is 2. The summed E-state index contributed by atoms with van der Waals surface area (Å²) in [5.41, 5.74) is -0.936. The lowest BCUT2D eigenvalue weighted by molar-refractivity contribution is -0.131. The van der Waals surface area contributed by atoms with Crippen molar-refractivity contribution < 1.29 is 18.7 Å². The van der Waals surface area contributed by atoms with Crippen LogP contribution < -0.4 is 5.32 Å². The number of urea groups is 1. The number of benzene rings is 1. The van der Waals surface area contributed by atoms with Crippen molar-refractivity contribution >= 4 is 23.5 Å². The Kier molecular flexibility index (Phi) is 3.96. The number of halogens is 2. The van der Waals surface area contributed by atoms with Crippen LogP contribution in [0.5, 0.6) is 0 Å². The summed E-state index contributed by atoms with van der Waals surface area (Å²) >= 11 is 5.98. The lowest BCUT2D eigenvalue weighted by Crippen LogP contribution is -2.41. The van der Waals surface area contributed by atoms with Gasteiger partial charge in [-0.1, -0.05) is 17.7 Å². The summed E-state index contributed by atoms with van der Waals surface area (Å²) in [6, 6.07) is 3.19. The molecule has 0 aliphatic carbocycles. The Hall–Kier alpha value is -1.66. The van der Waals surface area contributed by atoms with Gasteiger partial charge in [0.05, 0.1) is 13.2 Å². The smallest absolute Gasteiger partial charge is 0.325 e. The van der Waals surface area contributed by atoms with Crippen molar-refractivity contribution in [2.75, 3.05) is 20.3 Å². The second-order valence-corrected chi connectivity index (χ2v) is 5.04. The van der Waals surface area contributed by atoms with E-state index >= 15 is 0 Å². The zero-order valence-electron chi connectivity index (χ0n) is 11.1. The summed E-state index contributed by atoms with van der Waals surface area (Å²) in [5.74, 6) is -0.941. The molecule has 108 valence electrons. The van der Waals surface area contributed by atoms with Gasteiger partial charge in [0.25, 0.3) is 5.91 Å². The first kappa shape index (κ1) is 14.7. The molecule has 1 N–H and O–H groups in total. The fourth-order valence-electron chi connectivity index (χ4n) is 2.16. The quantitative estimate of drug-likeness (QED) is 0.864. The lowest BCUT2D eigenvalue weighted by Gasteiger charge is -2.23. The van der Waals surface area contributed by atoms with Crippen molar-refractivity contribution in [2.45, 2.75) is 12.5 Å². The molecular formula is C13H14ClFN2O3. The molecule has 1 saturated heterocycles. The minimum Gasteiger partial charge on any atom is -0.383 e. The van der Waals surface area contributed by atoms with Crippen LogP contribution in [0.2, 0.25) is 5.02 Å². The zero-order valence-corrected chi connectivity index (χ0v) is 11.8. The molecule has 1 heterocycles. The Morgan fingerprint density at radius 3 is 2.75 bits per heavy atom. The van der Waals surface area contributed by atoms with Gasteiger partial charge in [0.1, 0.15) is 11.4 Å². The first-order valence-corrected chi connectivity index (χ1v) is 6.36. The van der Waals surface area contributed by atoms with Gasteiger partial charge in [-0.15, -0.1) is 0 Å². The molecule has 1 aromatic carbocycles. The molecular weight excluding hydrogens is 287 g/mol. The molecule has 0 aromatic heterocycles. The summed E-state index contributed by atoms with van der Waals surface area (Å²) in [5, 5.41) is 2.68. The molecule has 2 rings (SSSR count). The van der Waals surface area contributed by atoms with Crippen LogP contribution in [-0.2, 0) is 15.1 Å². The molecule has 3 amide bonds. The Balaban J connectivity index is 2.35. The number of hydrogen-bond acceptors (Lipinski definition) is 3. The van der Waals surface area contributed by atoms with Gasteiger partial charge in [-0.3, -0.25) is 9.69 Å². The van der Waals surface area contributed by atoms with Crippen molar-refractivity contribution in [1.29, 1.82) is 0 Å². The second-order valence-electron chi connectivity index (χ2n) is 4.63. The third-order valence-electron chi connectivity index (χ3n) is 3.26. The van der Waals surface area contributed by atoms with Crippen LogP contribution in [0.25, 0.3) is 0 Å². The summed E-state index contributed by atoms with van der Waals surface area (Å²) in [7, 11) is 1.48. The molecule has 1 aromatic rings. The maximum absolute atomic E-state index is 13.1. The van der Waals surface area contributed by atoms with E-state index in [4.69, 9.17) is 16.3 Å². The fourth-order valence-corrected chi connectivity index (χ4v) is 2.52. The summed E-state index contributed by atoms with van der Waals surface area (Å²) in [6.45, 7) is 1.93. The van der Waals surface area contributed by atoms with Gasteiger partial charge < -0.3 is 10.1 Å². The highest BCUT2D eigenvalue weighted by molar-refractivity contribution is 6.32. The fraction of sp³-hybridized carbons (Fsp3) is 0.385. The van der Waals surface area contributed by atoms with Crippen LogP contribution in [-0.4, -0.2) is 37.1 Å². The van der Waals surface area contributed by atoms with Gasteiger partial charge in [0, 0.05) is 17.7 Å². The number of rotatable bonds is 4. The maximum atomic E-state index is 13.1.